The molecular formula is C20H22N2O4S. The first-order valence-corrected chi connectivity index (χ1v) is 9.43. The van der Waals surface area contributed by atoms with E-state index >= 15 is 0 Å². The Balaban J connectivity index is 1.71. The molecule has 0 atom stereocenters. The highest BCUT2D eigenvalue weighted by Gasteiger charge is 2.10. The van der Waals surface area contributed by atoms with Gasteiger partial charge in [-0.3, -0.25) is 14.4 Å². The van der Waals surface area contributed by atoms with E-state index in [1.165, 1.54) is 12.6 Å². The Morgan fingerprint density at radius 1 is 1.07 bits per heavy atom. The second-order valence-corrected chi connectivity index (χ2v) is 6.95. The minimum atomic E-state index is -0.455. The number of carbonyl (C=O) groups excluding carboxylic acids is 3. The monoisotopic (exact) mass is 386 g/mol. The molecule has 0 bridgehead atoms. The molecule has 7 heteroatoms. The van der Waals surface area contributed by atoms with E-state index in [2.05, 4.69) is 10.6 Å². The van der Waals surface area contributed by atoms with Crippen LogP contribution in [0.1, 0.15) is 22.3 Å². The molecule has 0 radical (unpaired) electrons. The molecule has 27 heavy (non-hydrogen) atoms. The average Bonchev–Trinajstić information content (AvgIpc) is 2.67. The molecule has 2 rings (SSSR count). The van der Waals surface area contributed by atoms with Crippen molar-refractivity contribution in [2.45, 2.75) is 18.2 Å². The van der Waals surface area contributed by atoms with Crippen LogP contribution >= 0.6 is 11.8 Å². The van der Waals surface area contributed by atoms with Gasteiger partial charge in [0.2, 0.25) is 0 Å². The standard InChI is InChI=1S/C20H22N2O4S/c1-14-6-8-17(9-7-14)27-11-10-19(24)26-13-18(23)22-16-5-3-4-15(12-16)20(25)21-2/h3-9,12H,10-11,13H2,1-2H3,(H,21,25)(H,22,23). The summed E-state index contributed by atoms with van der Waals surface area (Å²) in [4.78, 5) is 36.3. The molecule has 0 aliphatic heterocycles. The topological polar surface area (TPSA) is 84.5 Å². The lowest BCUT2D eigenvalue weighted by Crippen LogP contribution is -2.22. The summed E-state index contributed by atoms with van der Waals surface area (Å²) in [6.07, 6.45) is 0.220. The quantitative estimate of drug-likeness (QED) is 0.538. The van der Waals surface area contributed by atoms with Gasteiger partial charge < -0.3 is 15.4 Å². The summed E-state index contributed by atoms with van der Waals surface area (Å²) in [6, 6.07) is 14.6. The number of carbonyl (C=O) groups is 3. The first-order chi connectivity index (χ1) is 13.0. The molecule has 0 heterocycles. The van der Waals surface area contributed by atoms with Crippen LogP contribution in [0, 0.1) is 6.92 Å². The van der Waals surface area contributed by atoms with E-state index in [0.29, 0.717) is 17.0 Å². The largest absolute Gasteiger partial charge is 0.456 e. The molecule has 0 unspecified atom stereocenters. The molecule has 0 spiro atoms. The van der Waals surface area contributed by atoms with E-state index in [9.17, 15) is 14.4 Å². The fourth-order valence-corrected chi connectivity index (χ4v) is 3.02. The third-order valence-electron chi connectivity index (χ3n) is 3.60. The molecule has 142 valence electrons. The number of benzene rings is 2. The lowest BCUT2D eigenvalue weighted by atomic mass is 10.2. The van der Waals surface area contributed by atoms with E-state index in [4.69, 9.17) is 4.74 Å². The number of anilines is 1. The summed E-state index contributed by atoms with van der Waals surface area (Å²) in [5, 5.41) is 5.12. The predicted octanol–water partition coefficient (Wildman–Crippen LogP) is 3.02. The highest BCUT2D eigenvalue weighted by atomic mass is 32.2. The fraction of sp³-hybridized carbons (Fsp3) is 0.250. The van der Waals surface area contributed by atoms with Crippen LogP contribution in [0.3, 0.4) is 0 Å². The molecule has 0 aromatic heterocycles. The van der Waals surface area contributed by atoms with Crippen molar-refractivity contribution in [3.8, 4) is 0 Å². The predicted molar refractivity (Wildman–Crippen MR) is 106 cm³/mol. The Morgan fingerprint density at radius 3 is 2.52 bits per heavy atom. The fourth-order valence-electron chi connectivity index (χ4n) is 2.18. The summed E-state index contributed by atoms with van der Waals surface area (Å²) >= 11 is 1.56. The van der Waals surface area contributed by atoms with Gasteiger partial charge >= 0.3 is 5.97 Å². The average molecular weight is 386 g/mol. The molecule has 0 fully saturated rings. The van der Waals surface area contributed by atoms with Crippen LogP contribution in [0.15, 0.2) is 53.4 Å². The zero-order valence-corrected chi connectivity index (χ0v) is 16.1. The molecule has 0 aliphatic carbocycles. The summed E-state index contributed by atoms with van der Waals surface area (Å²) in [6.45, 7) is 1.66. The minimum Gasteiger partial charge on any atom is -0.456 e. The third-order valence-corrected chi connectivity index (χ3v) is 4.61. The molecule has 2 aromatic carbocycles. The second kappa shape index (κ2) is 10.4. The zero-order valence-electron chi connectivity index (χ0n) is 15.3. The highest BCUT2D eigenvalue weighted by molar-refractivity contribution is 7.99. The van der Waals surface area contributed by atoms with Crippen LogP contribution in [0.5, 0.6) is 0 Å². The maximum atomic E-state index is 11.9. The van der Waals surface area contributed by atoms with Gasteiger partial charge in [-0.2, -0.15) is 0 Å². The smallest absolute Gasteiger partial charge is 0.307 e. The normalized spacial score (nSPS) is 10.1. The van der Waals surface area contributed by atoms with Gasteiger partial charge in [0.1, 0.15) is 0 Å². The molecule has 0 saturated heterocycles. The number of esters is 1. The Labute approximate surface area is 162 Å². The van der Waals surface area contributed by atoms with E-state index in [-0.39, 0.29) is 18.9 Å². The van der Waals surface area contributed by atoms with Crippen LogP contribution in [0.25, 0.3) is 0 Å². The van der Waals surface area contributed by atoms with Gasteiger partial charge in [0.15, 0.2) is 6.61 Å². The van der Waals surface area contributed by atoms with E-state index < -0.39 is 11.9 Å². The lowest BCUT2D eigenvalue weighted by Gasteiger charge is -2.08. The molecular weight excluding hydrogens is 364 g/mol. The molecule has 6 nitrogen and oxygen atoms in total. The van der Waals surface area contributed by atoms with Crippen LogP contribution in [-0.2, 0) is 14.3 Å². The van der Waals surface area contributed by atoms with Crippen molar-refractivity contribution in [3.63, 3.8) is 0 Å². The number of rotatable bonds is 8. The first kappa shape index (κ1) is 20.5. The molecule has 0 aliphatic rings. The number of amides is 2. The van der Waals surface area contributed by atoms with Crippen molar-refractivity contribution in [2.75, 3.05) is 24.7 Å². The van der Waals surface area contributed by atoms with E-state index in [0.717, 1.165) is 4.90 Å². The zero-order chi connectivity index (χ0) is 19.6. The number of hydrogen-bond donors (Lipinski definition) is 2. The van der Waals surface area contributed by atoms with Crippen LogP contribution in [-0.4, -0.2) is 37.2 Å². The van der Waals surface area contributed by atoms with Crippen molar-refractivity contribution < 1.29 is 19.1 Å². The van der Waals surface area contributed by atoms with Gasteiger partial charge in [-0.15, -0.1) is 11.8 Å². The number of hydrogen-bond acceptors (Lipinski definition) is 5. The SMILES string of the molecule is CNC(=O)c1cccc(NC(=O)COC(=O)CCSc2ccc(C)cc2)c1. The van der Waals surface area contributed by atoms with Gasteiger partial charge in [-0.1, -0.05) is 23.8 Å². The summed E-state index contributed by atoms with van der Waals surface area (Å²) in [7, 11) is 1.53. The first-order valence-electron chi connectivity index (χ1n) is 8.45. The van der Waals surface area contributed by atoms with Crippen molar-refractivity contribution in [3.05, 3.63) is 59.7 Å². The second-order valence-electron chi connectivity index (χ2n) is 5.78. The van der Waals surface area contributed by atoms with Crippen molar-refractivity contribution in [2.24, 2.45) is 0 Å². The highest BCUT2D eigenvalue weighted by Crippen LogP contribution is 2.19. The van der Waals surface area contributed by atoms with Gasteiger partial charge in [0.05, 0.1) is 6.42 Å². The van der Waals surface area contributed by atoms with Gasteiger partial charge in [-0.25, -0.2) is 0 Å². The number of aryl methyl sites for hydroxylation is 1. The van der Waals surface area contributed by atoms with Gasteiger partial charge in [0.25, 0.3) is 11.8 Å². The van der Waals surface area contributed by atoms with E-state index in [1.54, 1.807) is 36.0 Å². The Kier molecular flexibility index (Phi) is 7.88. The lowest BCUT2D eigenvalue weighted by molar-refractivity contribution is -0.146. The van der Waals surface area contributed by atoms with Crippen LogP contribution in [0.2, 0.25) is 0 Å². The van der Waals surface area contributed by atoms with Gasteiger partial charge in [-0.05, 0) is 37.3 Å². The van der Waals surface area contributed by atoms with E-state index in [1.807, 2.05) is 31.2 Å². The number of ether oxygens (including phenoxy) is 1. The van der Waals surface area contributed by atoms with Crippen molar-refractivity contribution in [1.29, 1.82) is 0 Å². The molecule has 2 amide bonds. The minimum absolute atomic E-state index is 0.220. The van der Waals surface area contributed by atoms with Crippen LogP contribution < -0.4 is 10.6 Å². The maximum absolute atomic E-state index is 11.9. The molecule has 2 aromatic rings. The molecule has 2 N–H and O–H groups in total. The van der Waals surface area contributed by atoms with Crippen LogP contribution in [0.4, 0.5) is 5.69 Å². The summed E-state index contributed by atoms with van der Waals surface area (Å²) in [5.74, 6) is -0.548. The van der Waals surface area contributed by atoms with Crippen molar-refractivity contribution >= 4 is 35.2 Å². The number of thioether (sulfide) groups is 1. The molecule has 0 saturated carbocycles. The third kappa shape index (κ3) is 7.15. The Bertz CT molecular complexity index is 806. The maximum Gasteiger partial charge on any atom is 0.307 e. The van der Waals surface area contributed by atoms with Gasteiger partial charge in [0, 0.05) is 28.9 Å². The summed E-state index contributed by atoms with van der Waals surface area (Å²) in [5.41, 5.74) is 2.08. The summed E-state index contributed by atoms with van der Waals surface area (Å²) < 4.78 is 4.99. The number of nitrogens with one attached hydrogen (secondary N) is 2. The Morgan fingerprint density at radius 2 is 1.81 bits per heavy atom. The van der Waals surface area contributed by atoms with Crippen molar-refractivity contribution in [1.82, 2.24) is 5.32 Å². The Hall–Kier alpha value is -2.80.